The van der Waals surface area contributed by atoms with Crippen LogP contribution in [0.15, 0.2) is 27.1 Å². The van der Waals surface area contributed by atoms with Gasteiger partial charge in [0.1, 0.15) is 6.04 Å². The van der Waals surface area contributed by atoms with Crippen LogP contribution < -0.4 is 5.32 Å². The number of carboxylic acids is 1. The molecule has 0 aliphatic heterocycles. The van der Waals surface area contributed by atoms with E-state index in [1.807, 2.05) is 0 Å². The Balaban J connectivity index is 2.76. The molecule has 0 unspecified atom stereocenters. The zero-order valence-electron chi connectivity index (χ0n) is 11.1. The van der Waals surface area contributed by atoms with Gasteiger partial charge in [0.25, 0.3) is 5.91 Å². The number of rotatable bonds is 6. The first kappa shape index (κ1) is 17.6. The minimum Gasteiger partial charge on any atom is -0.480 e. The van der Waals surface area contributed by atoms with E-state index in [0.29, 0.717) is 14.5 Å². The van der Waals surface area contributed by atoms with Gasteiger partial charge in [0, 0.05) is 20.9 Å². The SMILES string of the molecule is COC(=O)CC[C@@H](NC(=O)c1cc(Br)cc(Br)c1)C(=O)O. The maximum Gasteiger partial charge on any atom is 0.326 e. The number of benzene rings is 1. The van der Waals surface area contributed by atoms with Crippen LogP contribution in [0.1, 0.15) is 23.2 Å². The fourth-order valence-corrected chi connectivity index (χ4v) is 2.84. The molecule has 1 amide bonds. The van der Waals surface area contributed by atoms with Gasteiger partial charge in [-0.05, 0) is 24.6 Å². The highest BCUT2D eigenvalue weighted by Gasteiger charge is 2.22. The Kier molecular flexibility index (Phi) is 6.83. The van der Waals surface area contributed by atoms with Gasteiger partial charge in [-0.15, -0.1) is 0 Å². The summed E-state index contributed by atoms with van der Waals surface area (Å²) >= 11 is 6.50. The van der Waals surface area contributed by atoms with E-state index in [1.165, 1.54) is 7.11 Å². The topological polar surface area (TPSA) is 92.7 Å². The van der Waals surface area contributed by atoms with Gasteiger partial charge < -0.3 is 15.2 Å². The smallest absolute Gasteiger partial charge is 0.326 e. The lowest BCUT2D eigenvalue weighted by atomic mass is 10.1. The maximum atomic E-state index is 12.0. The number of esters is 1. The zero-order valence-corrected chi connectivity index (χ0v) is 14.2. The van der Waals surface area contributed by atoms with Crippen molar-refractivity contribution in [1.82, 2.24) is 5.32 Å². The third kappa shape index (κ3) is 5.84. The molecule has 0 heterocycles. The molecule has 21 heavy (non-hydrogen) atoms. The molecule has 1 aromatic carbocycles. The average molecular weight is 423 g/mol. The summed E-state index contributed by atoms with van der Waals surface area (Å²) in [4.78, 5) is 34.2. The van der Waals surface area contributed by atoms with Crippen LogP contribution in [0.25, 0.3) is 0 Å². The van der Waals surface area contributed by atoms with E-state index < -0.39 is 23.9 Å². The minimum atomic E-state index is -1.21. The Hall–Kier alpha value is -1.41. The maximum absolute atomic E-state index is 12.0. The van der Waals surface area contributed by atoms with Crippen molar-refractivity contribution < 1.29 is 24.2 Å². The molecule has 0 radical (unpaired) electrons. The number of carbonyl (C=O) groups excluding carboxylic acids is 2. The molecule has 0 bridgehead atoms. The Morgan fingerprint density at radius 3 is 2.29 bits per heavy atom. The number of ether oxygens (including phenoxy) is 1. The number of aliphatic carboxylic acids is 1. The fraction of sp³-hybridized carbons (Fsp3) is 0.308. The number of carboxylic acid groups (broad SMARTS) is 1. The molecular weight excluding hydrogens is 410 g/mol. The van der Waals surface area contributed by atoms with Crippen LogP contribution in [-0.4, -0.2) is 36.1 Å². The fourth-order valence-electron chi connectivity index (χ4n) is 1.55. The summed E-state index contributed by atoms with van der Waals surface area (Å²) in [6, 6.07) is 3.73. The number of halogens is 2. The summed E-state index contributed by atoms with van der Waals surface area (Å²) in [5.41, 5.74) is 0.306. The van der Waals surface area contributed by atoms with Crippen molar-refractivity contribution >= 4 is 49.7 Å². The van der Waals surface area contributed by atoms with Gasteiger partial charge in [-0.1, -0.05) is 31.9 Å². The molecule has 6 nitrogen and oxygen atoms in total. The lowest BCUT2D eigenvalue weighted by molar-refractivity contribution is -0.142. The van der Waals surface area contributed by atoms with Crippen LogP contribution in [0.3, 0.4) is 0 Å². The van der Waals surface area contributed by atoms with Crippen LogP contribution in [0.5, 0.6) is 0 Å². The number of nitrogens with one attached hydrogen (secondary N) is 1. The molecule has 114 valence electrons. The quantitative estimate of drug-likeness (QED) is 0.686. The Bertz CT molecular complexity index is 541. The van der Waals surface area contributed by atoms with Crippen molar-refractivity contribution in [3.63, 3.8) is 0 Å². The van der Waals surface area contributed by atoms with Crippen molar-refractivity contribution in [2.24, 2.45) is 0 Å². The van der Waals surface area contributed by atoms with E-state index in [1.54, 1.807) is 18.2 Å². The second kappa shape index (κ2) is 8.14. The van der Waals surface area contributed by atoms with E-state index >= 15 is 0 Å². The lowest BCUT2D eigenvalue weighted by Crippen LogP contribution is -2.41. The molecule has 0 spiro atoms. The van der Waals surface area contributed by atoms with Gasteiger partial charge in [-0.2, -0.15) is 0 Å². The second-order valence-corrected chi connectivity index (χ2v) is 5.97. The summed E-state index contributed by atoms with van der Waals surface area (Å²) in [5, 5.41) is 11.5. The van der Waals surface area contributed by atoms with Crippen LogP contribution in [-0.2, 0) is 14.3 Å². The lowest BCUT2D eigenvalue weighted by Gasteiger charge is -2.14. The number of hydrogen-bond acceptors (Lipinski definition) is 4. The minimum absolute atomic E-state index is 0.0388. The third-order valence-electron chi connectivity index (χ3n) is 2.59. The standard InChI is InChI=1S/C13H13Br2NO5/c1-21-11(17)3-2-10(13(19)20)16-12(18)7-4-8(14)6-9(15)5-7/h4-6,10H,2-3H2,1H3,(H,16,18)(H,19,20)/t10-/m1/s1. The van der Waals surface area contributed by atoms with Gasteiger partial charge >= 0.3 is 11.9 Å². The molecular formula is C13H13Br2NO5. The van der Waals surface area contributed by atoms with Crippen molar-refractivity contribution in [2.75, 3.05) is 7.11 Å². The van der Waals surface area contributed by atoms with Crippen LogP contribution in [0, 0.1) is 0 Å². The van der Waals surface area contributed by atoms with Crippen LogP contribution in [0.4, 0.5) is 0 Å². The molecule has 0 saturated heterocycles. The van der Waals surface area contributed by atoms with Crippen molar-refractivity contribution in [2.45, 2.75) is 18.9 Å². The van der Waals surface area contributed by atoms with Crippen molar-refractivity contribution in [1.29, 1.82) is 0 Å². The molecule has 0 saturated carbocycles. The predicted octanol–water partition coefficient (Wildman–Crippen LogP) is 2.35. The summed E-state index contributed by atoms with van der Waals surface area (Å²) < 4.78 is 5.81. The van der Waals surface area contributed by atoms with Gasteiger partial charge in [0.15, 0.2) is 0 Å². The highest BCUT2D eigenvalue weighted by Crippen LogP contribution is 2.20. The van der Waals surface area contributed by atoms with E-state index in [-0.39, 0.29) is 12.8 Å². The summed E-state index contributed by atoms with van der Waals surface area (Å²) in [6.45, 7) is 0. The zero-order chi connectivity index (χ0) is 16.0. The summed E-state index contributed by atoms with van der Waals surface area (Å²) in [5.74, 6) is -2.27. The molecule has 2 N–H and O–H groups in total. The number of methoxy groups -OCH3 is 1. The Morgan fingerprint density at radius 2 is 1.81 bits per heavy atom. The molecule has 0 fully saturated rings. The van der Waals surface area contributed by atoms with E-state index in [4.69, 9.17) is 5.11 Å². The first-order chi connectivity index (χ1) is 9.83. The molecule has 1 aromatic rings. The summed E-state index contributed by atoms with van der Waals surface area (Å²) in [7, 11) is 1.22. The molecule has 0 aliphatic carbocycles. The third-order valence-corrected chi connectivity index (χ3v) is 3.51. The highest BCUT2D eigenvalue weighted by molar-refractivity contribution is 9.11. The Labute approximate surface area is 138 Å². The number of carbonyl (C=O) groups is 3. The molecule has 1 atom stereocenters. The number of hydrogen-bond donors (Lipinski definition) is 2. The van der Waals surface area contributed by atoms with Crippen LogP contribution >= 0.6 is 31.9 Å². The predicted molar refractivity (Wildman–Crippen MR) is 82.0 cm³/mol. The van der Waals surface area contributed by atoms with Gasteiger partial charge in [0.2, 0.25) is 0 Å². The second-order valence-electron chi connectivity index (χ2n) is 4.14. The molecule has 0 aromatic heterocycles. The Morgan fingerprint density at radius 1 is 1.24 bits per heavy atom. The van der Waals surface area contributed by atoms with E-state index in [0.717, 1.165) is 0 Å². The average Bonchev–Trinajstić information content (AvgIpc) is 2.41. The molecule has 8 heteroatoms. The largest absolute Gasteiger partial charge is 0.480 e. The summed E-state index contributed by atoms with van der Waals surface area (Å²) in [6.07, 6.45) is -0.126. The van der Waals surface area contributed by atoms with Crippen molar-refractivity contribution in [3.05, 3.63) is 32.7 Å². The normalized spacial score (nSPS) is 11.6. The van der Waals surface area contributed by atoms with Crippen LogP contribution in [0.2, 0.25) is 0 Å². The highest BCUT2D eigenvalue weighted by atomic mass is 79.9. The first-order valence-corrected chi connectivity index (χ1v) is 7.48. The van der Waals surface area contributed by atoms with Gasteiger partial charge in [-0.25, -0.2) is 4.79 Å². The van der Waals surface area contributed by atoms with E-state index in [9.17, 15) is 14.4 Å². The van der Waals surface area contributed by atoms with Crippen molar-refractivity contribution in [3.8, 4) is 0 Å². The first-order valence-electron chi connectivity index (χ1n) is 5.90. The van der Waals surface area contributed by atoms with E-state index in [2.05, 4.69) is 41.9 Å². The van der Waals surface area contributed by atoms with Gasteiger partial charge in [-0.3, -0.25) is 9.59 Å². The molecule has 1 rings (SSSR count). The number of amides is 1. The van der Waals surface area contributed by atoms with Gasteiger partial charge in [0.05, 0.1) is 7.11 Å². The monoisotopic (exact) mass is 421 g/mol. The molecule has 0 aliphatic rings.